The lowest BCUT2D eigenvalue weighted by Crippen LogP contribution is -2.46. The van der Waals surface area contributed by atoms with Gasteiger partial charge >= 0.3 is 0 Å². The molecule has 3 aliphatic rings. The van der Waals surface area contributed by atoms with Gasteiger partial charge in [0.05, 0.1) is 0 Å². The molecule has 0 heterocycles. The molecule has 1 saturated carbocycles. The van der Waals surface area contributed by atoms with Crippen LogP contribution in [0.15, 0.2) is 78.6 Å². The summed E-state index contributed by atoms with van der Waals surface area (Å²) in [5, 5.41) is 3.39. The number of allylic oxidation sites excluding steroid dienone is 5. The third-order valence-electron chi connectivity index (χ3n) is 9.88. The van der Waals surface area contributed by atoms with E-state index in [2.05, 4.69) is 104 Å². The molecule has 3 aliphatic carbocycles. The normalized spacial score (nSPS) is 25.1. The number of benzene rings is 1. The predicted molar refractivity (Wildman–Crippen MR) is 177 cm³/mol. The van der Waals surface area contributed by atoms with Crippen molar-refractivity contribution in [1.82, 2.24) is 14.9 Å². The average Bonchev–Trinajstić information content (AvgIpc) is 2.94. The first-order valence-electron chi connectivity index (χ1n) is 15.6. The highest BCUT2D eigenvalue weighted by molar-refractivity contribution is 7.78. The second-order valence-electron chi connectivity index (χ2n) is 12.8. The van der Waals surface area contributed by atoms with E-state index in [0.29, 0.717) is 5.92 Å². The molecule has 4 rings (SSSR count). The lowest BCUT2D eigenvalue weighted by molar-refractivity contribution is 0.0808. The zero-order valence-electron chi connectivity index (χ0n) is 25.4. The van der Waals surface area contributed by atoms with Gasteiger partial charge in [0.15, 0.2) is 0 Å². The van der Waals surface area contributed by atoms with E-state index in [9.17, 15) is 0 Å². The first-order valence-corrected chi connectivity index (χ1v) is 16.0. The number of rotatable bonds is 15. The van der Waals surface area contributed by atoms with Crippen molar-refractivity contribution in [3.05, 3.63) is 95.3 Å². The van der Waals surface area contributed by atoms with Gasteiger partial charge in [-0.2, -0.15) is 0 Å². The molecule has 0 spiro atoms. The van der Waals surface area contributed by atoms with Crippen LogP contribution in [-0.4, -0.2) is 38.1 Å². The molecule has 0 saturated heterocycles. The Kier molecular flexibility index (Phi) is 11.4. The minimum atomic E-state index is 0.235. The Bertz CT molecular complexity index is 1120. The maximum atomic E-state index is 4.19. The van der Waals surface area contributed by atoms with Gasteiger partial charge in [0.2, 0.25) is 0 Å². The third kappa shape index (κ3) is 7.84. The molecule has 1 aromatic rings. The number of nitrogens with zero attached hydrogens (tertiary/aromatic N) is 1. The fraction of sp³-hybridized carbons (Fsp3) is 0.556. The first kappa shape index (κ1) is 30.9. The van der Waals surface area contributed by atoms with Crippen molar-refractivity contribution in [3.63, 3.8) is 0 Å². The highest BCUT2D eigenvalue weighted by atomic mass is 32.1. The summed E-state index contributed by atoms with van der Waals surface area (Å²) in [6.45, 7) is 16.7. The molecule has 1 fully saturated rings. The number of hydrogen-bond acceptors (Lipinski definition) is 4. The van der Waals surface area contributed by atoms with Gasteiger partial charge in [-0.05, 0) is 106 Å². The summed E-state index contributed by atoms with van der Waals surface area (Å²) in [6.07, 6.45) is 22.5. The van der Waals surface area contributed by atoms with Crippen LogP contribution in [0.4, 0.5) is 0 Å². The van der Waals surface area contributed by atoms with Crippen molar-refractivity contribution in [3.8, 4) is 0 Å². The van der Waals surface area contributed by atoms with Crippen LogP contribution < -0.4 is 10.0 Å². The summed E-state index contributed by atoms with van der Waals surface area (Å²) in [7, 11) is 2.39. The monoisotopic (exact) mass is 559 g/mol. The third-order valence-corrected chi connectivity index (χ3v) is 10.1. The lowest BCUT2D eigenvalue weighted by atomic mass is 9.65. The molecule has 3 nitrogen and oxygen atoms in total. The van der Waals surface area contributed by atoms with E-state index in [1.807, 2.05) is 6.08 Å². The average molecular weight is 560 g/mol. The number of nitrogens with one attached hydrogen (secondary N) is 2. The molecule has 4 atom stereocenters. The van der Waals surface area contributed by atoms with Crippen molar-refractivity contribution in [2.75, 3.05) is 33.2 Å². The van der Waals surface area contributed by atoms with E-state index in [0.717, 1.165) is 50.0 Å². The summed E-state index contributed by atoms with van der Waals surface area (Å²) in [5.74, 6) is 2.27. The van der Waals surface area contributed by atoms with Gasteiger partial charge in [-0.1, -0.05) is 86.0 Å². The lowest BCUT2D eigenvalue weighted by Gasteiger charge is -2.46. The van der Waals surface area contributed by atoms with Crippen molar-refractivity contribution in [2.45, 2.75) is 77.0 Å². The van der Waals surface area contributed by atoms with Crippen LogP contribution in [0.1, 0.15) is 75.0 Å². The predicted octanol–water partition coefficient (Wildman–Crippen LogP) is 7.87. The minimum Gasteiger partial charge on any atom is -0.333 e. The second kappa shape index (κ2) is 14.8. The molecule has 0 bridgehead atoms. The van der Waals surface area contributed by atoms with Crippen molar-refractivity contribution >= 4 is 12.8 Å². The van der Waals surface area contributed by atoms with Crippen molar-refractivity contribution in [1.29, 1.82) is 0 Å². The van der Waals surface area contributed by atoms with E-state index in [-0.39, 0.29) is 5.41 Å². The molecule has 0 amide bonds. The fourth-order valence-electron chi connectivity index (χ4n) is 7.50. The largest absolute Gasteiger partial charge is 0.333 e. The van der Waals surface area contributed by atoms with Crippen molar-refractivity contribution in [2.24, 2.45) is 17.8 Å². The van der Waals surface area contributed by atoms with E-state index in [1.165, 1.54) is 62.6 Å². The molecule has 0 aromatic heterocycles. The van der Waals surface area contributed by atoms with E-state index >= 15 is 0 Å². The summed E-state index contributed by atoms with van der Waals surface area (Å²) in [4.78, 5) is 2.70. The van der Waals surface area contributed by atoms with Gasteiger partial charge in [-0.15, -0.1) is 6.58 Å². The molecule has 40 heavy (non-hydrogen) atoms. The van der Waals surface area contributed by atoms with Crippen molar-refractivity contribution < 1.29 is 0 Å². The first-order chi connectivity index (χ1) is 19.3. The van der Waals surface area contributed by atoms with Gasteiger partial charge in [0.25, 0.3) is 0 Å². The number of aryl methyl sites for hydroxylation is 2. The molecule has 4 heteroatoms. The summed E-state index contributed by atoms with van der Waals surface area (Å²) < 4.78 is 2.92. The van der Waals surface area contributed by atoms with Crippen LogP contribution in [0.3, 0.4) is 0 Å². The summed E-state index contributed by atoms with van der Waals surface area (Å²) in [6, 6.07) is 7.30. The quantitative estimate of drug-likeness (QED) is 0.116. The molecule has 4 unspecified atom stereocenters. The molecule has 2 N–H and O–H groups in total. The van der Waals surface area contributed by atoms with Gasteiger partial charge in [0.1, 0.15) is 0 Å². The highest BCUT2D eigenvalue weighted by Gasteiger charge is 2.39. The Morgan fingerprint density at radius 3 is 2.75 bits per heavy atom. The maximum Gasteiger partial charge on any atom is 0.0397 e. The van der Waals surface area contributed by atoms with Crippen LogP contribution in [-0.2, 0) is 11.8 Å². The Labute approximate surface area is 250 Å². The molecule has 218 valence electrons. The maximum absolute atomic E-state index is 4.19. The van der Waals surface area contributed by atoms with Crippen LogP contribution in [0, 0.1) is 24.7 Å². The number of hydrogen-bond donors (Lipinski definition) is 3. The van der Waals surface area contributed by atoms with Gasteiger partial charge in [-0.25, -0.2) is 0 Å². The Morgan fingerprint density at radius 1 is 1.20 bits per heavy atom. The van der Waals surface area contributed by atoms with Gasteiger partial charge in [0, 0.05) is 37.3 Å². The van der Waals surface area contributed by atoms with Gasteiger partial charge in [-0.3, -0.25) is 0 Å². The van der Waals surface area contributed by atoms with Crippen LogP contribution in [0.5, 0.6) is 0 Å². The zero-order valence-corrected chi connectivity index (χ0v) is 26.2. The zero-order chi connectivity index (χ0) is 28.5. The highest BCUT2D eigenvalue weighted by Crippen LogP contribution is 2.45. The summed E-state index contributed by atoms with van der Waals surface area (Å²) >= 11 is 4.19. The standard InChI is InChI=1S/C36H53N3S/c1-6-22-37-23-8-9-28(3)34-17-16-33(34)25-39(5)26-36(20-7-10-32-24-27(2)11-18-35(32)36)21-19-30-12-14-31(15-13-30)29(4)38-40/h6,8-9,11-12,14,18,24,28,33-34,37-38,40H,1,4,7,10,13,15-17,19-23,25-26H2,2-3,5H3/b9-8+. The number of fused-ring (bicyclic) bond motifs is 1. The fourth-order valence-corrected chi connectivity index (χ4v) is 7.65. The molecular weight excluding hydrogens is 506 g/mol. The minimum absolute atomic E-state index is 0.235. The van der Waals surface area contributed by atoms with Gasteiger partial charge < -0.3 is 14.9 Å². The van der Waals surface area contributed by atoms with E-state index < -0.39 is 0 Å². The van der Waals surface area contributed by atoms with Crippen LogP contribution in [0.2, 0.25) is 0 Å². The van der Waals surface area contributed by atoms with Crippen LogP contribution in [0.25, 0.3) is 0 Å². The molecule has 1 aromatic carbocycles. The Hall–Kier alpha value is -2.01. The Morgan fingerprint density at radius 2 is 2.05 bits per heavy atom. The number of thiol groups is 1. The molecular formula is C36H53N3S. The Balaban J connectivity index is 1.44. The summed E-state index contributed by atoms with van der Waals surface area (Å²) in [5.41, 5.74) is 8.65. The topological polar surface area (TPSA) is 27.3 Å². The van der Waals surface area contributed by atoms with E-state index in [4.69, 9.17) is 0 Å². The smallest absolute Gasteiger partial charge is 0.0397 e. The number of likely N-dealkylation sites (N-methyl/N-ethyl adjacent to an activating group) is 1. The second-order valence-corrected chi connectivity index (χ2v) is 13.1. The van der Waals surface area contributed by atoms with E-state index in [1.54, 1.807) is 16.7 Å². The molecule has 0 radical (unpaired) electrons. The van der Waals surface area contributed by atoms with Crippen LogP contribution >= 0.6 is 12.8 Å². The molecule has 0 aliphatic heterocycles. The SMILES string of the molecule is C=CCNC/C=C/C(C)C1CCC1CN(C)CC1(CCC2=CC=C(C(=C)NS)CC2)CCCc2cc(C)ccc21.